The number of anilines is 1. The van der Waals surface area contributed by atoms with Crippen molar-refractivity contribution < 1.29 is 0 Å². The third kappa shape index (κ3) is 2.37. The molecule has 1 aliphatic rings. The summed E-state index contributed by atoms with van der Waals surface area (Å²) in [4.78, 5) is 15.1. The number of rotatable bonds is 2. The maximum atomic E-state index is 6.00. The Kier molecular flexibility index (Phi) is 3.50. The first-order chi connectivity index (χ1) is 8.74. The Balaban J connectivity index is 2.03. The molecule has 94 valence electrons. The lowest BCUT2D eigenvalue weighted by molar-refractivity contribution is 0.883. The summed E-state index contributed by atoms with van der Waals surface area (Å²) >= 11 is 11.1. The molecule has 1 aliphatic heterocycles. The van der Waals surface area contributed by atoms with Crippen LogP contribution in [-0.2, 0) is 0 Å². The second-order valence-corrected chi connectivity index (χ2v) is 5.99. The van der Waals surface area contributed by atoms with Crippen LogP contribution >= 0.6 is 38.9 Å². The summed E-state index contributed by atoms with van der Waals surface area (Å²) in [5, 5.41) is 4.26. The lowest BCUT2D eigenvalue weighted by Gasteiger charge is -2.15. The maximum absolute atomic E-state index is 6.00. The Morgan fingerprint density at radius 1 is 1.17 bits per heavy atom. The van der Waals surface area contributed by atoms with Gasteiger partial charge < -0.3 is 4.90 Å². The van der Waals surface area contributed by atoms with E-state index < -0.39 is 0 Å². The topological polar surface area (TPSA) is 41.9 Å². The van der Waals surface area contributed by atoms with Crippen molar-refractivity contribution in [2.45, 2.75) is 12.8 Å². The molecule has 0 aromatic carbocycles. The maximum Gasteiger partial charge on any atom is 0.230 e. The summed E-state index contributed by atoms with van der Waals surface area (Å²) in [6, 6.07) is 0. The summed E-state index contributed by atoms with van der Waals surface area (Å²) in [6.07, 6.45) is 2.36. The van der Waals surface area contributed by atoms with Gasteiger partial charge in [-0.3, -0.25) is 0 Å². The first-order valence-electron chi connectivity index (χ1n) is 5.62. The van der Waals surface area contributed by atoms with E-state index in [0.29, 0.717) is 11.8 Å². The largest absolute Gasteiger partial charge is 0.341 e. The van der Waals surface area contributed by atoms with Crippen molar-refractivity contribution in [3.8, 4) is 11.4 Å². The number of aromatic nitrogens is 3. The van der Waals surface area contributed by atoms with Gasteiger partial charge in [-0.15, -0.1) is 0 Å². The van der Waals surface area contributed by atoms with Crippen LogP contribution in [0.25, 0.3) is 11.4 Å². The predicted molar refractivity (Wildman–Crippen MR) is 77.3 cm³/mol. The average molecular weight is 346 g/mol. The Morgan fingerprint density at radius 3 is 2.61 bits per heavy atom. The Morgan fingerprint density at radius 2 is 1.94 bits per heavy atom. The Hall–Kier alpha value is -0.720. The van der Waals surface area contributed by atoms with Crippen LogP contribution in [-0.4, -0.2) is 28.0 Å². The van der Waals surface area contributed by atoms with E-state index in [1.54, 1.807) is 11.3 Å². The minimum absolute atomic E-state index is 0.250. The van der Waals surface area contributed by atoms with E-state index in [1.807, 2.05) is 10.8 Å². The molecule has 7 heteroatoms. The van der Waals surface area contributed by atoms with Crippen LogP contribution in [0, 0.1) is 0 Å². The molecule has 0 amide bonds. The van der Waals surface area contributed by atoms with E-state index in [0.717, 1.165) is 23.1 Å². The molecule has 0 unspecified atom stereocenters. The summed E-state index contributed by atoms with van der Waals surface area (Å²) in [6.45, 7) is 1.98. The van der Waals surface area contributed by atoms with Crippen LogP contribution in [0.2, 0.25) is 5.28 Å². The number of thiophene rings is 1. The van der Waals surface area contributed by atoms with Crippen molar-refractivity contribution in [1.29, 1.82) is 0 Å². The molecule has 3 heterocycles. The zero-order valence-electron chi connectivity index (χ0n) is 9.44. The van der Waals surface area contributed by atoms with E-state index >= 15 is 0 Å². The van der Waals surface area contributed by atoms with Crippen molar-refractivity contribution in [1.82, 2.24) is 15.0 Å². The molecule has 1 fully saturated rings. The second kappa shape index (κ2) is 5.11. The van der Waals surface area contributed by atoms with Gasteiger partial charge >= 0.3 is 0 Å². The zero-order chi connectivity index (χ0) is 12.5. The molecule has 0 spiro atoms. The van der Waals surface area contributed by atoms with Crippen molar-refractivity contribution in [2.75, 3.05) is 18.0 Å². The van der Waals surface area contributed by atoms with Gasteiger partial charge in [-0.1, -0.05) is 0 Å². The standard InChI is InChI=1S/C11H10BrClN4S/c12-8-6-18-5-7(8)9-14-10(13)16-11(15-9)17-3-1-2-4-17/h5-6H,1-4H2. The number of halogens is 2. The molecule has 0 radical (unpaired) electrons. The third-order valence-corrected chi connectivity index (χ3v) is 4.71. The average Bonchev–Trinajstić information content (AvgIpc) is 2.98. The van der Waals surface area contributed by atoms with E-state index in [9.17, 15) is 0 Å². The summed E-state index contributed by atoms with van der Waals surface area (Å²) in [7, 11) is 0. The molecule has 4 nitrogen and oxygen atoms in total. The van der Waals surface area contributed by atoms with Gasteiger partial charge in [0.2, 0.25) is 11.2 Å². The third-order valence-electron chi connectivity index (χ3n) is 2.84. The van der Waals surface area contributed by atoms with Crippen molar-refractivity contribution in [2.24, 2.45) is 0 Å². The molecule has 2 aromatic rings. The van der Waals surface area contributed by atoms with E-state index in [1.165, 1.54) is 12.8 Å². The van der Waals surface area contributed by atoms with Crippen LogP contribution in [0.4, 0.5) is 5.95 Å². The van der Waals surface area contributed by atoms with E-state index in [2.05, 4.69) is 35.8 Å². The van der Waals surface area contributed by atoms with Crippen molar-refractivity contribution in [3.63, 3.8) is 0 Å². The van der Waals surface area contributed by atoms with Gasteiger partial charge in [-0.25, -0.2) is 0 Å². The Bertz CT molecular complexity index is 568. The van der Waals surface area contributed by atoms with Gasteiger partial charge in [0.15, 0.2) is 5.82 Å². The first-order valence-corrected chi connectivity index (χ1v) is 7.74. The predicted octanol–water partition coefficient (Wildman–Crippen LogP) is 3.62. The molecule has 0 aliphatic carbocycles. The molecule has 1 saturated heterocycles. The molecule has 0 N–H and O–H groups in total. The molecule has 0 atom stereocenters. The minimum atomic E-state index is 0.250. The summed E-state index contributed by atoms with van der Waals surface area (Å²) in [5.41, 5.74) is 0.963. The fourth-order valence-electron chi connectivity index (χ4n) is 1.96. The summed E-state index contributed by atoms with van der Waals surface area (Å²) < 4.78 is 0.988. The van der Waals surface area contributed by atoms with Crippen LogP contribution in [0.5, 0.6) is 0 Å². The molecule has 0 saturated carbocycles. The van der Waals surface area contributed by atoms with Gasteiger partial charge in [0, 0.05) is 33.9 Å². The van der Waals surface area contributed by atoms with E-state index in [-0.39, 0.29) is 5.28 Å². The normalized spacial score (nSPS) is 15.3. The fraction of sp³-hybridized carbons (Fsp3) is 0.364. The smallest absolute Gasteiger partial charge is 0.230 e. The van der Waals surface area contributed by atoms with Crippen LogP contribution in [0.3, 0.4) is 0 Å². The van der Waals surface area contributed by atoms with Crippen molar-refractivity contribution >= 4 is 44.8 Å². The number of hydrogen-bond acceptors (Lipinski definition) is 5. The first kappa shape index (κ1) is 12.3. The molecule has 2 aromatic heterocycles. The van der Waals surface area contributed by atoms with Gasteiger partial charge in [-0.2, -0.15) is 26.3 Å². The van der Waals surface area contributed by atoms with Crippen molar-refractivity contribution in [3.05, 3.63) is 20.5 Å². The quantitative estimate of drug-likeness (QED) is 0.834. The molecular formula is C11H10BrClN4S. The van der Waals surface area contributed by atoms with E-state index in [4.69, 9.17) is 11.6 Å². The second-order valence-electron chi connectivity index (χ2n) is 4.06. The molecule has 0 bridgehead atoms. The lowest BCUT2D eigenvalue weighted by atomic mass is 10.3. The minimum Gasteiger partial charge on any atom is -0.341 e. The molecular weight excluding hydrogens is 336 g/mol. The summed E-state index contributed by atoms with van der Waals surface area (Å²) in [5.74, 6) is 1.31. The highest BCUT2D eigenvalue weighted by atomic mass is 79.9. The number of nitrogens with zero attached hydrogens (tertiary/aromatic N) is 4. The highest BCUT2D eigenvalue weighted by Gasteiger charge is 2.18. The van der Waals surface area contributed by atoms with Gasteiger partial charge in [-0.05, 0) is 40.4 Å². The highest BCUT2D eigenvalue weighted by Crippen LogP contribution is 2.30. The molecule has 18 heavy (non-hydrogen) atoms. The number of hydrogen-bond donors (Lipinski definition) is 0. The van der Waals surface area contributed by atoms with Crippen LogP contribution in [0.15, 0.2) is 15.2 Å². The van der Waals surface area contributed by atoms with Crippen LogP contribution < -0.4 is 4.90 Å². The van der Waals surface area contributed by atoms with Gasteiger partial charge in [0.1, 0.15) is 0 Å². The fourth-order valence-corrected chi connectivity index (χ4v) is 3.57. The molecule has 3 rings (SSSR count). The highest BCUT2D eigenvalue weighted by molar-refractivity contribution is 9.10. The monoisotopic (exact) mass is 344 g/mol. The van der Waals surface area contributed by atoms with Gasteiger partial charge in [0.25, 0.3) is 0 Å². The van der Waals surface area contributed by atoms with Crippen LogP contribution in [0.1, 0.15) is 12.8 Å². The zero-order valence-corrected chi connectivity index (χ0v) is 12.6. The SMILES string of the molecule is Clc1nc(-c2cscc2Br)nc(N2CCCC2)n1. The Labute approximate surface area is 122 Å². The van der Waals surface area contributed by atoms with Gasteiger partial charge in [0.05, 0.1) is 0 Å². The lowest BCUT2D eigenvalue weighted by Crippen LogP contribution is -2.21.